The molecule has 2 amide bonds. The van der Waals surface area contributed by atoms with E-state index in [9.17, 15) is 14.4 Å². The van der Waals surface area contributed by atoms with E-state index >= 15 is 0 Å². The van der Waals surface area contributed by atoms with Crippen molar-refractivity contribution in [1.29, 1.82) is 0 Å². The molecule has 0 aliphatic carbocycles. The maximum absolute atomic E-state index is 11.7. The second-order valence-electron chi connectivity index (χ2n) is 4.47. The van der Waals surface area contributed by atoms with Gasteiger partial charge in [-0.3, -0.25) is 4.79 Å². The van der Waals surface area contributed by atoms with Crippen molar-refractivity contribution in [1.82, 2.24) is 5.32 Å². The third kappa shape index (κ3) is 6.53. The Morgan fingerprint density at radius 1 is 1.19 bits per heavy atom. The van der Waals surface area contributed by atoms with E-state index in [4.69, 9.17) is 16.2 Å². The number of hydrogen-bond donors (Lipinski definition) is 3. The van der Waals surface area contributed by atoms with E-state index in [0.717, 1.165) is 5.56 Å². The van der Waals surface area contributed by atoms with Crippen LogP contribution in [-0.2, 0) is 20.9 Å². The Morgan fingerprint density at radius 3 is 2.48 bits per heavy atom. The summed E-state index contributed by atoms with van der Waals surface area (Å²) >= 11 is 0. The highest BCUT2D eigenvalue weighted by molar-refractivity contribution is 6.35. The van der Waals surface area contributed by atoms with Gasteiger partial charge in [0, 0.05) is 6.54 Å². The van der Waals surface area contributed by atoms with E-state index in [0.29, 0.717) is 13.0 Å². The quantitative estimate of drug-likeness (QED) is 0.355. The SMILES string of the molecule is NC(=O)NCCC[C@H](N)C(=O)C(=O)OCc1ccccc1. The smallest absolute Gasteiger partial charge is 0.376 e. The van der Waals surface area contributed by atoms with Gasteiger partial charge in [0.1, 0.15) is 6.61 Å². The number of benzene rings is 1. The van der Waals surface area contributed by atoms with Crippen LogP contribution in [0.4, 0.5) is 4.79 Å². The number of carbonyl (C=O) groups is 3. The lowest BCUT2D eigenvalue weighted by Gasteiger charge is -2.10. The molecule has 5 N–H and O–H groups in total. The largest absolute Gasteiger partial charge is 0.455 e. The first kappa shape index (κ1) is 16.6. The van der Waals surface area contributed by atoms with Gasteiger partial charge in [-0.1, -0.05) is 30.3 Å². The topological polar surface area (TPSA) is 125 Å². The summed E-state index contributed by atoms with van der Waals surface area (Å²) in [4.78, 5) is 33.7. The van der Waals surface area contributed by atoms with Gasteiger partial charge in [0.2, 0.25) is 0 Å². The molecule has 0 spiro atoms. The Balaban J connectivity index is 2.29. The van der Waals surface area contributed by atoms with Crippen molar-refractivity contribution in [3.05, 3.63) is 35.9 Å². The molecule has 0 bridgehead atoms. The lowest BCUT2D eigenvalue weighted by atomic mass is 10.1. The van der Waals surface area contributed by atoms with Crippen LogP contribution in [0.5, 0.6) is 0 Å². The van der Waals surface area contributed by atoms with Crippen molar-refractivity contribution in [3.8, 4) is 0 Å². The Labute approximate surface area is 122 Å². The number of Topliss-reactive ketones (excluding diaryl/α,β-unsaturated/α-hetero) is 1. The number of ketones is 1. The number of carbonyl (C=O) groups excluding carboxylic acids is 3. The lowest BCUT2D eigenvalue weighted by molar-refractivity contribution is -0.155. The zero-order valence-corrected chi connectivity index (χ0v) is 11.6. The summed E-state index contributed by atoms with van der Waals surface area (Å²) in [7, 11) is 0. The molecule has 0 aliphatic rings. The summed E-state index contributed by atoms with van der Waals surface area (Å²) in [6.07, 6.45) is 0.710. The molecule has 1 atom stereocenters. The van der Waals surface area contributed by atoms with E-state index < -0.39 is 23.8 Å². The molecule has 0 radical (unpaired) electrons. The first-order valence-corrected chi connectivity index (χ1v) is 6.54. The van der Waals surface area contributed by atoms with Gasteiger partial charge in [-0.05, 0) is 18.4 Å². The number of nitrogens with two attached hydrogens (primary N) is 2. The van der Waals surface area contributed by atoms with Crippen LogP contribution in [0.3, 0.4) is 0 Å². The van der Waals surface area contributed by atoms with Gasteiger partial charge in [0.25, 0.3) is 5.78 Å². The molecule has 114 valence electrons. The van der Waals surface area contributed by atoms with E-state index in [1.807, 2.05) is 18.2 Å². The van der Waals surface area contributed by atoms with E-state index in [1.54, 1.807) is 12.1 Å². The van der Waals surface area contributed by atoms with Gasteiger partial charge >= 0.3 is 12.0 Å². The maximum Gasteiger partial charge on any atom is 0.376 e. The third-order valence-electron chi connectivity index (χ3n) is 2.74. The first-order chi connectivity index (χ1) is 10.0. The van der Waals surface area contributed by atoms with Crippen LogP contribution in [0.15, 0.2) is 30.3 Å². The molecule has 0 fully saturated rings. The van der Waals surface area contributed by atoms with Crippen molar-refractivity contribution in [2.45, 2.75) is 25.5 Å². The third-order valence-corrected chi connectivity index (χ3v) is 2.74. The number of esters is 1. The molecule has 0 saturated heterocycles. The van der Waals surface area contributed by atoms with E-state index in [-0.39, 0.29) is 13.0 Å². The molecule has 0 heterocycles. The second kappa shape index (κ2) is 8.70. The van der Waals surface area contributed by atoms with Gasteiger partial charge in [0.05, 0.1) is 6.04 Å². The minimum Gasteiger partial charge on any atom is -0.455 e. The number of urea groups is 1. The van der Waals surface area contributed by atoms with Gasteiger partial charge in [0.15, 0.2) is 0 Å². The molecule has 0 saturated carbocycles. The molecular weight excluding hydrogens is 274 g/mol. The van der Waals surface area contributed by atoms with Crippen LogP contribution in [-0.4, -0.2) is 30.4 Å². The second-order valence-corrected chi connectivity index (χ2v) is 4.47. The number of rotatable bonds is 8. The summed E-state index contributed by atoms with van der Waals surface area (Å²) in [5.41, 5.74) is 11.3. The molecule has 7 nitrogen and oxygen atoms in total. The van der Waals surface area contributed by atoms with Crippen LogP contribution in [0.2, 0.25) is 0 Å². The standard InChI is InChI=1S/C14H19N3O4/c15-11(7-4-8-17-14(16)20)12(18)13(19)21-9-10-5-2-1-3-6-10/h1-3,5-6,11H,4,7-9,15H2,(H3,16,17,20)/t11-/m0/s1. The summed E-state index contributed by atoms with van der Waals surface area (Å²) < 4.78 is 4.90. The Bertz CT molecular complexity index is 490. The van der Waals surface area contributed by atoms with E-state index in [1.165, 1.54) is 0 Å². The number of primary amides is 1. The van der Waals surface area contributed by atoms with Gasteiger partial charge < -0.3 is 21.5 Å². The summed E-state index contributed by atoms with van der Waals surface area (Å²) in [5, 5.41) is 2.37. The average Bonchev–Trinajstić information content (AvgIpc) is 2.49. The first-order valence-electron chi connectivity index (χ1n) is 6.54. The zero-order valence-electron chi connectivity index (χ0n) is 11.6. The van der Waals surface area contributed by atoms with Crippen molar-refractivity contribution in [2.75, 3.05) is 6.54 Å². The monoisotopic (exact) mass is 293 g/mol. The maximum atomic E-state index is 11.7. The summed E-state index contributed by atoms with van der Waals surface area (Å²) in [5.74, 6) is -1.72. The van der Waals surface area contributed by atoms with Crippen LogP contribution >= 0.6 is 0 Å². The number of ether oxygens (including phenoxy) is 1. The van der Waals surface area contributed by atoms with Crippen molar-refractivity contribution < 1.29 is 19.1 Å². The van der Waals surface area contributed by atoms with Gasteiger partial charge in [-0.25, -0.2) is 9.59 Å². The molecule has 7 heteroatoms. The fourth-order valence-electron chi connectivity index (χ4n) is 1.61. The molecule has 1 aromatic rings. The van der Waals surface area contributed by atoms with Crippen LogP contribution in [0.1, 0.15) is 18.4 Å². The highest BCUT2D eigenvalue weighted by Crippen LogP contribution is 2.03. The lowest BCUT2D eigenvalue weighted by Crippen LogP contribution is -2.38. The molecule has 0 aliphatic heterocycles. The van der Waals surface area contributed by atoms with Crippen LogP contribution in [0, 0.1) is 0 Å². The van der Waals surface area contributed by atoms with Crippen LogP contribution < -0.4 is 16.8 Å². The van der Waals surface area contributed by atoms with Gasteiger partial charge in [-0.15, -0.1) is 0 Å². The number of hydrogen-bond acceptors (Lipinski definition) is 5. The highest BCUT2D eigenvalue weighted by Gasteiger charge is 2.23. The molecule has 0 aromatic heterocycles. The van der Waals surface area contributed by atoms with Crippen molar-refractivity contribution in [3.63, 3.8) is 0 Å². The molecule has 0 unspecified atom stereocenters. The number of nitrogens with one attached hydrogen (secondary N) is 1. The molecular formula is C14H19N3O4. The minimum atomic E-state index is -0.950. The summed E-state index contributed by atoms with van der Waals surface area (Å²) in [6, 6.07) is 7.44. The fourth-order valence-corrected chi connectivity index (χ4v) is 1.61. The Morgan fingerprint density at radius 2 is 1.86 bits per heavy atom. The van der Waals surface area contributed by atoms with Crippen molar-refractivity contribution in [2.24, 2.45) is 11.5 Å². The predicted molar refractivity (Wildman–Crippen MR) is 76.0 cm³/mol. The Hall–Kier alpha value is -2.41. The predicted octanol–water partition coefficient (Wildman–Crippen LogP) is 0.0747. The van der Waals surface area contributed by atoms with E-state index in [2.05, 4.69) is 5.32 Å². The molecule has 1 rings (SSSR count). The average molecular weight is 293 g/mol. The van der Waals surface area contributed by atoms with Crippen LogP contribution in [0.25, 0.3) is 0 Å². The van der Waals surface area contributed by atoms with Gasteiger partial charge in [-0.2, -0.15) is 0 Å². The Kier molecular flexibility index (Phi) is 6.90. The highest BCUT2D eigenvalue weighted by atomic mass is 16.5. The molecule has 21 heavy (non-hydrogen) atoms. The fraction of sp³-hybridized carbons (Fsp3) is 0.357. The molecule has 1 aromatic carbocycles. The van der Waals surface area contributed by atoms with Crippen molar-refractivity contribution >= 4 is 17.8 Å². The normalized spacial score (nSPS) is 11.5. The minimum absolute atomic E-state index is 0.0291. The zero-order chi connectivity index (χ0) is 15.7. The summed E-state index contributed by atoms with van der Waals surface area (Å²) in [6.45, 7) is 0.330. The number of amides is 2.